The summed E-state index contributed by atoms with van der Waals surface area (Å²) in [5.74, 6) is -0.128. The zero-order chi connectivity index (χ0) is 12.3. The predicted octanol–water partition coefficient (Wildman–Crippen LogP) is 1.41. The van der Waals surface area contributed by atoms with Crippen LogP contribution in [0.15, 0.2) is 0 Å². The molecule has 0 aliphatic carbocycles. The van der Waals surface area contributed by atoms with Gasteiger partial charge in [0.2, 0.25) is 0 Å². The average Bonchev–Trinajstić information content (AvgIpc) is 2.36. The Morgan fingerprint density at radius 3 is 2.76 bits per heavy atom. The largest absolute Gasteiger partial charge is 0.465 e. The molecule has 1 aliphatic heterocycles. The number of hydrogen-bond acceptors (Lipinski definition) is 4. The van der Waals surface area contributed by atoms with Crippen molar-refractivity contribution in [2.45, 2.75) is 39.0 Å². The molecular weight excluding hydrogens is 216 g/mol. The van der Waals surface area contributed by atoms with E-state index in [1.165, 1.54) is 32.4 Å². The maximum Gasteiger partial charge on any atom is 0.319 e. The summed E-state index contributed by atoms with van der Waals surface area (Å²) in [5, 5.41) is 3.14. The summed E-state index contributed by atoms with van der Waals surface area (Å²) in [6, 6.07) is 0. The van der Waals surface area contributed by atoms with E-state index in [0.717, 1.165) is 25.9 Å². The van der Waals surface area contributed by atoms with E-state index in [1.807, 2.05) is 0 Å². The molecule has 0 saturated carbocycles. The second-order valence-corrected chi connectivity index (χ2v) is 4.65. The number of unbranched alkanes of at least 4 members (excludes halogenated alkanes) is 1. The molecule has 1 fully saturated rings. The molecule has 0 atom stereocenters. The summed E-state index contributed by atoms with van der Waals surface area (Å²) in [4.78, 5) is 13.7. The van der Waals surface area contributed by atoms with E-state index in [2.05, 4.69) is 17.1 Å². The molecule has 0 bridgehead atoms. The van der Waals surface area contributed by atoms with Crippen molar-refractivity contribution in [3.05, 3.63) is 0 Å². The van der Waals surface area contributed by atoms with E-state index >= 15 is 0 Å². The van der Waals surface area contributed by atoms with E-state index in [1.54, 1.807) is 0 Å². The highest BCUT2D eigenvalue weighted by molar-refractivity contribution is 5.71. The third-order valence-electron chi connectivity index (χ3n) is 3.08. The minimum absolute atomic E-state index is 0.128. The quantitative estimate of drug-likeness (QED) is 0.516. The van der Waals surface area contributed by atoms with Crippen LogP contribution in [0.5, 0.6) is 0 Å². The van der Waals surface area contributed by atoms with Gasteiger partial charge in [0.15, 0.2) is 0 Å². The molecular formula is C13H26N2O2. The Kier molecular flexibility index (Phi) is 8.01. The van der Waals surface area contributed by atoms with Gasteiger partial charge in [0.05, 0.1) is 13.2 Å². The molecule has 4 heteroatoms. The third kappa shape index (κ3) is 7.34. The van der Waals surface area contributed by atoms with Crippen LogP contribution in [-0.4, -0.2) is 50.2 Å². The number of hydrogen-bond donors (Lipinski definition) is 1. The van der Waals surface area contributed by atoms with Crippen molar-refractivity contribution in [3.63, 3.8) is 0 Å². The fourth-order valence-corrected chi connectivity index (χ4v) is 1.99. The first kappa shape index (κ1) is 14.5. The molecule has 1 heterocycles. The number of nitrogens with zero attached hydrogens (tertiary/aromatic N) is 1. The van der Waals surface area contributed by atoms with Gasteiger partial charge in [0, 0.05) is 13.1 Å². The van der Waals surface area contributed by atoms with Crippen molar-refractivity contribution < 1.29 is 9.53 Å². The normalized spacial score (nSPS) is 17.0. The van der Waals surface area contributed by atoms with Gasteiger partial charge < -0.3 is 15.0 Å². The third-order valence-corrected chi connectivity index (χ3v) is 3.08. The van der Waals surface area contributed by atoms with E-state index in [4.69, 9.17) is 4.74 Å². The topological polar surface area (TPSA) is 41.6 Å². The molecule has 0 aromatic rings. The van der Waals surface area contributed by atoms with Gasteiger partial charge in [-0.15, -0.1) is 0 Å². The van der Waals surface area contributed by atoms with Crippen molar-refractivity contribution >= 4 is 5.97 Å². The second-order valence-electron chi connectivity index (χ2n) is 4.65. The molecule has 0 radical (unpaired) electrons. The molecule has 1 aliphatic rings. The summed E-state index contributed by atoms with van der Waals surface area (Å²) < 4.78 is 5.06. The summed E-state index contributed by atoms with van der Waals surface area (Å²) in [7, 11) is 0. The number of likely N-dealkylation sites (tertiary alicyclic amines) is 1. The number of piperidine rings is 1. The minimum atomic E-state index is -0.128. The van der Waals surface area contributed by atoms with Crippen molar-refractivity contribution in [2.75, 3.05) is 39.3 Å². The molecule has 4 nitrogen and oxygen atoms in total. The van der Waals surface area contributed by atoms with Gasteiger partial charge in [-0.1, -0.05) is 19.8 Å². The van der Waals surface area contributed by atoms with Gasteiger partial charge in [-0.2, -0.15) is 0 Å². The SMILES string of the molecule is CCCCOC(=O)CNCCN1CCCCC1. The van der Waals surface area contributed by atoms with Crippen molar-refractivity contribution in [3.8, 4) is 0 Å². The van der Waals surface area contributed by atoms with Crippen LogP contribution in [0.4, 0.5) is 0 Å². The Hall–Kier alpha value is -0.610. The van der Waals surface area contributed by atoms with Crippen molar-refractivity contribution in [1.29, 1.82) is 0 Å². The number of carbonyl (C=O) groups excluding carboxylic acids is 1. The Morgan fingerprint density at radius 2 is 2.06 bits per heavy atom. The number of nitrogens with one attached hydrogen (secondary N) is 1. The van der Waals surface area contributed by atoms with Crippen LogP contribution in [0.2, 0.25) is 0 Å². The van der Waals surface area contributed by atoms with Gasteiger partial charge in [0.1, 0.15) is 0 Å². The van der Waals surface area contributed by atoms with E-state index < -0.39 is 0 Å². The van der Waals surface area contributed by atoms with Gasteiger partial charge in [-0.05, 0) is 32.4 Å². The molecule has 1 rings (SSSR count). The highest BCUT2D eigenvalue weighted by Crippen LogP contribution is 2.07. The van der Waals surface area contributed by atoms with Crippen LogP contribution in [0.25, 0.3) is 0 Å². The molecule has 0 unspecified atom stereocenters. The standard InChI is InChI=1S/C13H26N2O2/c1-2-3-11-17-13(16)12-14-7-10-15-8-5-4-6-9-15/h14H,2-12H2,1H3. The Balaban J connectivity index is 1.90. The number of carbonyl (C=O) groups is 1. The van der Waals surface area contributed by atoms with Crippen LogP contribution in [0.1, 0.15) is 39.0 Å². The summed E-state index contributed by atoms with van der Waals surface area (Å²) in [5.41, 5.74) is 0. The summed E-state index contributed by atoms with van der Waals surface area (Å²) >= 11 is 0. The predicted molar refractivity (Wildman–Crippen MR) is 69.0 cm³/mol. The summed E-state index contributed by atoms with van der Waals surface area (Å²) in [6.45, 7) is 7.34. The average molecular weight is 242 g/mol. The zero-order valence-corrected chi connectivity index (χ0v) is 11.0. The van der Waals surface area contributed by atoms with Crippen LogP contribution in [-0.2, 0) is 9.53 Å². The number of ether oxygens (including phenoxy) is 1. The van der Waals surface area contributed by atoms with Gasteiger partial charge in [-0.3, -0.25) is 4.79 Å². The van der Waals surface area contributed by atoms with Crippen LogP contribution in [0, 0.1) is 0 Å². The Bertz CT molecular complexity index is 204. The fourth-order valence-electron chi connectivity index (χ4n) is 1.99. The lowest BCUT2D eigenvalue weighted by molar-refractivity contribution is -0.142. The van der Waals surface area contributed by atoms with Gasteiger partial charge >= 0.3 is 5.97 Å². The van der Waals surface area contributed by atoms with Crippen LogP contribution < -0.4 is 5.32 Å². The molecule has 1 N–H and O–H groups in total. The molecule has 0 amide bonds. The smallest absolute Gasteiger partial charge is 0.319 e. The molecule has 17 heavy (non-hydrogen) atoms. The molecule has 0 aromatic heterocycles. The first-order valence-corrected chi connectivity index (χ1v) is 6.91. The lowest BCUT2D eigenvalue weighted by Gasteiger charge is -2.26. The van der Waals surface area contributed by atoms with Crippen molar-refractivity contribution in [1.82, 2.24) is 10.2 Å². The van der Waals surface area contributed by atoms with Crippen molar-refractivity contribution in [2.24, 2.45) is 0 Å². The lowest BCUT2D eigenvalue weighted by Crippen LogP contribution is -2.37. The summed E-state index contributed by atoms with van der Waals surface area (Å²) in [6.07, 6.45) is 6.03. The molecule has 0 spiro atoms. The van der Waals surface area contributed by atoms with E-state index in [9.17, 15) is 4.79 Å². The second kappa shape index (κ2) is 9.42. The molecule has 100 valence electrons. The Morgan fingerprint density at radius 1 is 1.29 bits per heavy atom. The highest BCUT2D eigenvalue weighted by atomic mass is 16.5. The minimum Gasteiger partial charge on any atom is -0.465 e. The first-order valence-electron chi connectivity index (χ1n) is 6.91. The van der Waals surface area contributed by atoms with Crippen LogP contribution in [0.3, 0.4) is 0 Å². The highest BCUT2D eigenvalue weighted by Gasteiger charge is 2.09. The lowest BCUT2D eigenvalue weighted by atomic mass is 10.1. The van der Waals surface area contributed by atoms with Crippen LogP contribution >= 0.6 is 0 Å². The molecule has 1 saturated heterocycles. The number of esters is 1. The maximum atomic E-state index is 11.3. The van der Waals surface area contributed by atoms with E-state index in [-0.39, 0.29) is 5.97 Å². The van der Waals surface area contributed by atoms with E-state index in [0.29, 0.717) is 13.2 Å². The monoisotopic (exact) mass is 242 g/mol. The number of rotatable bonds is 8. The van der Waals surface area contributed by atoms with Gasteiger partial charge in [0.25, 0.3) is 0 Å². The van der Waals surface area contributed by atoms with Gasteiger partial charge in [-0.25, -0.2) is 0 Å². The zero-order valence-electron chi connectivity index (χ0n) is 11.0. The first-order chi connectivity index (χ1) is 8.33. The Labute approximate surface area is 105 Å². The fraction of sp³-hybridized carbons (Fsp3) is 0.923. The molecule has 0 aromatic carbocycles. The maximum absolute atomic E-state index is 11.3.